The van der Waals surface area contributed by atoms with E-state index in [1.165, 1.54) is 58.7 Å². The van der Waals surface area contributed by atoms with Crippen LogP contribution >= 0.6 is 0 Å². The lowest BCUT2D eigenvalue weighted by Gasteiger charge is -2.40. The predicted octanol–water partition coefficient (Wildman–Crippen LogP) is 3.16. The maximum absolute atomic E-state index is 2.70. The molecule has 21 heavy (non-hydrogen) atoms. The van der Waals surface area contributed by atoms with E-state index >= 15 is 0 Å². The summed E-state index contributed by atoms with van der Waals surface area (Å²) in [7, 11) is 0. The third-order valence-corrected chi connectivity index (χ3v) is 5.03. The van der Waals surface area contributed by atoms with E-state index < -0.39 is 0 Å². The Morgan fingerprint density at radius 2 is 1.14 bits per heavy atom. The SMILES string of the molecule is CC.CC(C)N1CCC(CN2CCN(C(C)C)CC2)CC1. The predicted molar refractivity (Wildman–Crippen MR) is 93.9 cm³/mol. The van der Waals surface area contributed by atoms with Crippen LogP contribution in [0.1, 0.15) is 54.4 Å². The lowest BCUT2D eigenvalue weighted by molar-refractivity contribution is 0.0758. The van der Waals surface area contributed by atoms with Gasteiger partial charge in [0.1, 0.15) is 0 Å². The molecule has 3 heteroatoms. The molecule has 0 unspecified atom stereocenters. The summed E-state index contributed by atoms with van der Waals surface area (Å²) in [6, 6.07) is 1.45. The van der Waals surface area contributed by atoms with Gasteiger partial charge < -0.3 is 9.80 Å². The van der Waals surface area contributed by atoms with Crippen molar-refractivity contribution in [1.82, 2.24) is 14.7 Å². The third-order valence-electron chi connectivity index (χ3n) is 5.03. The van der Waals surface area contributed by atoms with Gasteiger partial charge in [-0.05, 0) is 59.5 Å². The van der Waals surface area contributed by atoms with Crippen molar-refractivity contribution in [2.45, 2.75) is 66.5 Å². The van der Waals surface area contributed by atoms with E-state index in [-0.39, 0.29) is 0 Å². The lowest BCUT2D eigenvalue weighted by atomic mass is 9.95. The molecule has 2 heterocycles. The van der Waals surface area contributed by atoms with Crippen molar-refractivity contribution in [2.75, 3.05) is 45.8 Å². The van der Waals surface area contributed by atoms with Gasteiger partial charge in [0.2, 0.25) is 0 Å². The molecule has 0 aromatic rings. The molecular formula is C18H39N3. The monoisotopic (exact) mass is 297 g/mol. The topological polar surface area (TPSA) is 9.72 Å². The number of piperidine rings is 1. The van der Waals surface area contributed by atoms with Crippen molar-refractivity contribution in [3.63, 3.8) is 0 Å². The highest BCUT2D eigenvalue weighted by molar-refractivity contribution is 4.80. The summed E-state index contributed by atoms with van der Waals surface area (Å²) in [4.78, 5) is 7.94. The molecule has 126 valence electrons. The van der Waals surface area contributed by atoms with E-state index in [0.29, 0.717) is 0 Å². The number of nitrogens with zero attached hydrogens (tertiary/aromatic N) is 3. The summed E-state index contributed by atoms with van der Waals surface area (Å²) in [6.07, 6.45) is 2.81. The first kappa shape index (κ1) is 18.9. The minimum absolute atomic E-state index is 0.719. The highest BCUT2D eigenvalue weighted by atomic mass is 15.3. The molecule has 0 atom stereocenters. The first-order valence-electron chi connectivity index (χ1n) is 9.26. The third kappa shape index (κ3) is 6.25. The molecule has 2 saturated heterocycles. The van der Waals surface area contributed by atoms with Crippen LogP contribution in [0.3, 0.4) is 0 Å². The average Bonchev–Trinajstić information content (AvgIpc) is 2.50. The summed E-state index contributed by atoms with van der Waals surface area (Å²) in [6.45, 7) is 22.3. The highest BCUT2D eigenvalue weighted by Crippen LogP contribution is 2.20. The largest absolute Gasteiger partial charge is 0.301 e. The fourth-order valence-corrected chi connectivity index (χ4v) is 3.48. The van der Waals surface area contributed by atoms with Gasteiger partial charge in [-0.3, -0.25) is 4.90 Å². The van der Waals surface area contributed by atoms with E-state index in [2.05, 4.69) is 42.4 Å². The van der Waals surface area contributed by atoms with E-state index in [0.717, 1.165) is 18.0 Å². The van der Waals surface area contributed by atoms with Gasteiger partial charge in [0.15, 0.2) is 0 Å². The smallest absolute Gasteiger partial charge is 0.0113 e. The van der Waals surface area contributed by atoms with E-state index in [4.69, 9.17) is 0 Å². The normalized spacial score (nSPS) is 23.4. The number of hydrogen-bond acceptors (Lipinski definition) is 3. The summed E-state index contributed by atoms with van der Waals surface area (Å²) in [5.74, 6) is 0.945. The summed E-state index contributed by atoms with van der Waals surface area (Å²) < 4.78 is 0. The van der Waals surface area contributed by atoms with Crippen LogP contribution < -0.4 is 0 Å². The van der Waals surface area contributed by atoms with Gasteiger partial charge in [-0.25, -0.2) is 0 Å². The zero-order valence-electron chi connectivity index (χ0n) is 15.4. The standard InChI is InChI=1S/C16H33N3.C2H6/c1-14(2)18-7-5-16(6-8-18)13-17-9-11-19(12-10-17)15(3)4;1-2/h14-16H,5-13H2,1-4H3;1-2H3. The quantitative estimate of drug-likeness (QED) is 0.789. The van der Waals surface area contributed by atoms with Gasteiger partial charge in [-0.15, -0.1) is 0 Å². The van der Waals surface area contributed by atoms with Gasteiger partial charge in [0.25, 0.3) is 0 Å². The molecule has 0 N–H and O–H groups in total. The second-order valence-corrected chi connectivity index (χ2v) is 7.00. The summed E-state index contributed by atoms with van der Waals surface area (Å²) in [5, 5.41) is 0. The highest BCUT2D eigenvalue weighted by Gasteiger charge is 2.25. The van der Waals surface area contributed by atoms with Crippen LogP contribution in [-0.4, -0.2) is 72.6 Å². The molecule has 0 saturated carbocycles. The second-order valence-electron chi connectivity index (χ2n) is 7.00. The van der Waals surface area contributed by atoms with E-state index in [1.807, 2.05) is 13.8 Å². The van der Waals surface area contributed by atoms with E-state index in [9.17, 15) is 0 Å². The minimum atomic E-state index is 0.719. The first-order valence-corrected chi connectivity index (χ1v) is 9.26. The summed E-state index contributed by atoms with van der Waals surface area (Å²) in [5.41, 5.74) is 0. The maximum atomic E-state index is 2.70. The molecule has 2 rings (SSSR count). The number of piperazine rings is 1. The van der Waals surface area contributed by atoms with Gasteiger partial charge in [-0.2, -0.15) is 0 Å². The molecule has 0 aromatic carbocycles. The Morgan fingerprint density at radius 1 is 0.714 bits per heavy atom. The molecule has 2 aliphatic rings. The maximum Gasteiger partial charge on any atom is 0.0113 e. The van der Waals surface area contributed by atoms with Crippen molar-refractivity contribution in [1.29, 1.82) is 0 Å². The van der Waals surface area contributed by atoms with Gasteiger partial charge in [0, 0.05) is 44.8 Å². The van der Waals surface area contributed by atoms with Crippen molar-refractivity contribution >= 4 is 0 Å². The van der Waals surface area contributed by atoms with Crippen LogP contribution in [0.5, 0.6) is 0 Å². The summed E-state index contributed by atoms with van der Waals surface area (Å²) >= 11 is 0. The van der Waals surface area contributed by atoms with Crippen LogP contribution in [0, 0.1) is 5.92 Å². The first-order chi connectivity index (χ1) is 10.1. The molecule has 2 fully saturated rings. The fraction of sp³-hybridized carbons (Fsp3) is 1.00. The van der Waals surface area contributed by atoms with Gasteiger partial charge in [0.05, 0.1) is 0 Å². The molecule has 0 spiro atoms. The Bertz CT molecular complexity index is 223. The Kier molecular flexibility index (Phi) is 8.84. The Hall–Kier alpha value is -0.120. The minimum Gasteiger partial charge on any atom is -0.301 e. The van der Waals surface area contributed by atoms with Crippen molar-refractivity contribution in [2.24, 2.45) is 5.92 Å². The lowest BCUT2D eigenvalue weighted by Crippen LogP contribution is -2.50. The average molecular weight is 298 g/mol. The molecule has 2 aliphatic heterocycles. The van der Waals surface area contributed by atoms with Gasteiger partial charge >= 0.3 is 0 Å². The van der Waals surface area contributed by atoms with Gasteiger partial charge in [-0.1, -0.05) is 13.8 Å². The number of rotatable bonds is 4. The van der Waals surface area contributed by atoms with Crippen LogP contribution in [0.2, 0.25) is 0 Å². The molecule has 0 bridgehead atoms. The molecule has 0 radical (unpaired) electrons. The van der Waals surface area contributed by atoms with Crippen molar-refractivity contribution in [3.05, 3.63) is 0 Å². The Morgan fingerprint density at radius 3 is 1.57 bits per heavy atom. The van der Waals surface area contributed by atoms with Crippen LogP contribution in [0.4, 0.5) is 0 Å². The molecular weight excluding hydrogens is 258 g/mol. The second kappa shape index (κ2) is 9.81. The van der Waals surface area contributed by atoms with Crippen molar-refractivity contribution in [3.8, 4) is 0 Å². The number of likely N-dealkylation sites (tertiary alicyclic amines) is 1. The van der Waals surface area contributed by atoms with Crippen LogP contribution in [0.25, 0.3) is 0 Å². The Balaban J connectivity index is 0.00000106. The van der Waals surface area contributed by atoms with E-state index in [1.54, 1.807) is 0 Å². The molecule has 0 aliphatic carbocycles. The number of hydrogen-bond donors (Lipinski definition) is 0. The van der Waals surface area contributed by atoms with Crippen LogP contribution in [-0.2, 0) is 0 Å². The molecule has 0 aromatic heterocycles. The van der Waals surface area contributed by atoms with Crippen LogP contribution in [0.15, 0.2) is 0 Å². The molecule has 0 amide bonds. The zero-order chi connectivity index (χ0) is 15.8. The van der Waals surface area contributed by atoms with Crippen molar-refractivity contribution < 1.29 is 0 Å². The Labute approximate surface area is 133 Å². The zero-order valence-corrected chi connectivity index (χ0v) is 15.4. The fourth-order valence-electron chi connectivity index (χ4n) is 3.48. The molecule has 3 nitrogen and oxygen atoms in total.